The van der Waals surface area contributed by atoms with E-state index in [4.69, 9.17) is 11.6 Å². The summed E-state index contributed by atoms with van der Waals surface area (Å²) in [5.74, 6) is -0.247. The lowest BCUT2D eigenvalue weighted by Gasteiger charge is -2.07. The highest BCUT2D eigenvalue weighted by molar-refractivity contribution is 6.30. The third-order valence-corrected chi connectivity index (χ3v) is 3.03. The molecule has 0 spiro atoms. The minimum Gasteiger partial charge on any atom is -0.236 e. The molecule has 2 aromatic carbocycles. The van der Waals surface area contributed by atoms with Crippen LogP contribution in [0.2, 0.25) is 5.15 Å². The van der Waals surface area contributed by atoms with Crippen LogP contribution in [0.1, 0.15) is 0 Å². The van der Waals surface area contributed by atoms with Crippen molar-refractivity contribution in [3.05, 3.63) is 65.6 Å². The molecule has 0 aliphatic carbocycles. The first kappa shape index (κ1) is 11.2. The molecule has 1 heterocycles. The van der Waals surface area contributed by atoms with Crippen molar-refractivity contribution in [2.75, 3.05) is 0 Å². The first-order valence-electron chi connectivity index (χ1n) is 5.55. The van der Waals surface area contributed by atoms with Crippen molar-refractivity contribution in [1.29, 1.82) is 0 Å². The van der Waals surface area contributed by atoms with Crippen LogP contribution in [0, 0.1) is 5.82 Å². The van der Waals surface area contributed by atoms with Gasteiger partial charge in [-0.25, -0.2) is 9.37 Å². The van der Waals surface area contributed by atoms with Gasteiger partial charge in [0.25, 0.3) is 0 Å². The summed E-state index contributed by atoms with van der Waals surface area (Å²) < 4.78 is 13.0. The zero-order valence-electron chi connectivity index (χ0n) is 9.40. The molecule has 0 aliphatic heterocycles. The van der Waals surface area contributed by atoms with Crippen molar-refractivity contribution >= 4 is 22.5 Å². The van der Waals surface area contributed by atoms with Crippen LogP contribution >= 0.6 is 11.6 Å². The molecule has 0 aliphatic rings. The molecule has 0 unspecified atom stereocenters. The second kappa shape index (κ2) is 4.39. The summed E-state index contributed by atoms with van der Waals surface area (Å²) in [6, 6.07) is 15.9. The van der Waals surface area contributed by atoms with Gasteiger partial charge in [-0.05, 0) is 35.4 Å². The van der Waals surface area contributed by atoms with Crippen molar-refractivity contribution in [2.24, 2.45) is 0 Å². The predicted octanol–water partition coefficient (Wildman–Crippen LogP) is 4.69. The van der Waals surface area contributed by atoms with Gasteiger partial charge in [0.2, 0.25) is 0 Å². The number of aromatic nitrogens is 1. The third-order valence-electron chi connectivity index (χ3n) is 2.84. The summed E-state index contributed by atoms with van der Waals surface area (Å²) in [6.45, 7) is 0. The Hall–Kier alpha value is -1.93. The minimum absolute atomic E-state index is 0.247. The fourth-order valence-corrected chi connectivity index (χ4v) is 2.21. The molecular weight excluding hydrogens is 249 g/mol. The standard InChI is InChI=1S/C15H9ClFN/c16-15-9-13(10-5-7-11(17)8-6-10)12-3-1-2-4-14(12)18-15/h1-9H. The summed E-state index contributed by atoms with van der Waals surface area (Å²) in [5.41, 5.74) is 2.73. The normalized spacial score (nSPS) is 10.8. The van der Waals surface area contributed by atoms with Gasteiger partial charge in [-0.2, -0.15) is 0 Å². The van der Waals surface area contributed by atoms with Crippen LogP contribution in [0.15, 0.2) is 54.6 Å². The smallest absolute Gasteiger partial charge is 0.130 e. The van der Waals surface area contributed by atoms with Gasteiger partial charge in [0, 0.05) is 5.39 Å². The topological polar surface area (TPSA) is 12.9 Å². The number of fused-ring (bicyclic) bond motifs is 1. The Balaban J connectivity index is 2.31. The first-order chi connectivity index (χ1) is 8.74. The Morgan fingerprint density at radius 1 is 0.944 bits per heavy atom. The second-order valence-corrected chi connectivity index (χ2v) is 4.40. The van der Waals surface area contributed by atoms with E-state index in [1.807, 2.05) is 24.3 Å². The van der Waals surface area contributed by atoms with Crippen LogP contribution in [0.4, 0.5) is 4.39 Å². The molecule has 1 nitrogen and oxygen atoms in total. The van der Waals surface area contributed by atoms with Crippen molar-refractivity contribution in [2.45, 2.75) is 0 Å². The summed E-state index contributed by atoms with van der Waals surface area (Å²) >= 11 is 6.02. The van der Waals surface area contributed by atoms with Crippen LogP contribution in [-0.4, -0.2) is 4.98 Å². The third kappa shape index (κ3) is 1.95. The monoisotopic (exact) mass is 257 g/mol. The summed E-state index contributed by atoms with van der Waals surface area (Å²) in [5, 5.41) is 1.45. The molecule has 0 bridgehead atoms. The molecule has 0 N–H and O–H groups in total. The fraction of sp³-hybridized carbons (Fsp3) is 0. The van der Waals surface area contributed by atoms with Crippen LogP contribution in [0.3, 0.4) is 0 Å². The van der Waals surface area contributed by atoms with Gasteiger partial charge in [-0.3, -0.25) is 0 Å². The number of nitrogens with zero attached hydrogens (tertiary/aromatic N) is 1. The molecular formula is C15H9ClFN. The predicted molar refractivity (Wildman–Crippen MR) is 72.1 cm³/mol. The Morgan fingerprint density at radius 2 is 1.67 bits per heavy atom. The van der Waals surface area contributed by atoms with E-state index < -0.39 is 0 Å². The van der Waals surface area contributed by atoms with E-state index in [-0.39, 0.29) is 5.82 Å². The molecule has 0 atom stereocenters. The lowest BCUT2D eigenvalue weighted by atomic mass is 10.0. The number of hydrogen-bond acceptors (Lipinski definition) is 1. The van der Waals surface area contributed by atoms with Gasteiger partial charge in [-0.15, -0.1) is 0 Å². The van der Waals surface area contributed by atoms with Gasteiger partial charge in [0.15, 0.2) is 0 Å². The number of pyridine rings is 1. The van der Waals surface area contributed by atoms with E-state index in [0.717, 1.165) is 22.0 Å². The van der Waals surface area contributed by atoms with E-state index >= 15 is 0 Å². The first-order valence-corrected chi connectivity index (χ1v) is 5.93. The maximum Gasteiger partial charge on any atom is 0.130 e. The van der Waals surface area contributed by atoms with Crippen LogP contribution in [0.5, 0.6) is 0 Å². The van der Waals surface area contributed by atoms with E-state index in [2.05, 4.69) is 4.98 Å². The molecule has 0 amide bonds. The maximum absolute atomic E-state index is 13.0. The van der Waals surface area contributed by atoms with Crippen molar-refractivity contribution in [3.8, 4) is 11.1 Å². The number of rotatable bonds is 1. The number of para-hydroxylation sites is 1. The molecule has 3 heteroatoms. The van der Waals surface area contributed by atoms with E-state index in [9.17, 15) is 4.39 Å². The summed E-state index contributed by atoms with van der Waals surface area (Å²) in [4.78, 5) is 4.27. The average Bonchev–Trinajstić information content (AvgIpc) is 2.38. The summed E-state index contributed by atoms with van der Waals surface area (Å²) in [6.07, 6.45) is 0. The van der Waals surface area contributed by atoms with Crippen LogP contribution < -0.4 is 0 Å². The van der Waals surface area contributed by atoms with Crippen molar-refractivity contribution in [1.82, 2.24) is 4.98 Å². The molecule has 0 radical (unpaired) electrons. The average molecular weight is 258 g/mol. The highest BCUT2D eigenvalue weighted by Crippen LogP contribution is 2.29. The minimum atomic E-state index is -0.247. The SMILES string of the molecule is Fc1ccc(-c2cc(Cl)nc3ccccc23)cc1. The van der Waals surface area contributed by atoms with Gasteiger partial charge < -0.3 is 0 Å². The van der Waals surface area contributed by atoms with E-state index in [1.165, 1.54) is 12.1 Å². The highest BCUT2D eigenvalue weighted by atomic mass is 35.5. The molecule has 1 aromatic heterocycles. The number of halogens is 2. The molecule has 3 aromatic rings. The van der Waals surface area contributed by atoms with E-state index in [0.29, 0.717) is 5.15 Å². The largest absolute Gasteiger partial charge is 0.236 e. The lowest BCUT2D eigenvalue weighted by molar-refractivity contribution is 0.628. The van der Waals surface area contributed by atoms with Crippen molar-refractivity contribution in [3.63, 3.8) is 0 Å². The van der Waals surface area contributed by atoms with Gasteiger partial charge in [0.1, 0.15) is 11.0 Å². The van der Waals surface area contributed by atoms with Gasteiger partial charge in [0.05, 0.1) is 5.52 Å². The number of benzene rings is 2. The molecule has 3 rings (SSSR count). The van der Waals surface area contributed by atoms with Crippen LogP contribution in [-0.2, 0) is 0 Å². The highest BCUT2D eigenvalue weighted by Gasteiger charge is 2.06. The Labute approximate surface area is 109 Å². The maximum atomic E-state index is 13.0. The quantitative estimate of drug-likeness (QED) is 0.576. The fourth-order valence-electron chi connectivity index (χ4n) is 2.01. The zero-order chi connectivity index (χ0) is 12.5. The zero-order valence-corrected chi connectivity index (χ0v) is 10.2. The number of hydrogen-bond donors (Lipinski definition) is 0. The van der Waals surface area contributed by atoms with Gasteiger partial charge >= 0.3 is 0 Å². The Morgan fingerprint density at radius 3 is 2.44 bits per heavy atom. The van der Waals surface area contributed by atoms with Crippen LogP contribution in [0.25, 0.3) is 22.0 Å². The molecule has 0 saturated carbocycles. The van der Waals surface area contributed by atoms with Crippen molar-refractivity contribution < 1.29 is 4.39 Å². The molecule has 18 heavy (non-hydrogen) atoms. The molecule has 88 valence electrons. The summed E-state index contributed by atoms with van der Waals surface area (Å²) in [7, 11) is 0. The lowest BCUT2D eigenvalue weighted by Crippen LogP contribution is -1.86. The Bertz CT molecular complexity index is 707. The molecule has 0 saturated heterocycles. The van der Waals surface area contributed by atoms with Gasteiger partial charge in [-0.1, -0.05) is 41.9 Å². The molecule has 0 fully saturated rings. The Kier molecular flexibility index (Phi) is 2.73. The second-order valence-electron chi connectivity index (χ2n) is 4.02. The van der Waals surface area contributed by atoms with E-state index in [1.54, 1.807) is 18.2 Å².